The van der Waals surface area contributed by atoms with Gasteiger partial charge in [-0.1, -0.05) is 53.0 Å². The van der Waals surface area contributed by atoms with Gasteiger partial charge in [-0.3, -0.25) is 9.10 Å². The number of rotatable bonds is 9. The summed E-state index contributed by atoms with van der Waals surface area (Å²) in [6.07, 6.45) is 0. The quantitative estimate of drug-likeness (QED) is 0.388. The van der Waals surface area contributed by atoms with Crippen molar-refractivity contribution < 1.29 is 17.9 Å². The summed E-state index contributed by atoms with van der Waals surface area (Å²) in [5, 5.41) is 2.94. The third kappa shape index (κ3) is 6.44. The van der Waals surface area contributed by atoms with Gasteiger partial charge >= 0.3 is 0 Å². The van der Waals surface area contributed by atoms with Gasteiger partial charge in [0.15, 0.2) is 0 Å². The molecule has 0 aliphatic rings. The normalized spacial score (nSPS) is 11.2. The standard InChI is InChI=1S/C25H26Cl2N2O4S/c1-17-7-9-21(10-8-17)34(31,32)29(23-6-4-5-22(26)25(23)27)16-24(30)28-11-12-33-20-14-18(2)13-19(3)15-20/h4-10,13-15H,11-12,16H2,1-3H3,(H,28,30). The fourth-order valence-electron chi connectivity index (χ4n) is 3.38. The Kier molecular flexibility index (Phi) is 8.47. The molecule has 0 aliphatic carbocycles. The van der Waals surface area contributed by atoms with E-state index in [1.807, 2.05) is 39.0 Å². The van der Waals surface area contributed by atoms with E-state index in [4.69, 9.17) is 27.9 Å². The number of hydrogen-bond donors (Lipinski definition) is 1. The van der Waals surface area contributed by atoms with Crippen molar-refractivity contribution in [2.24, 2.45) is 0 Å². The average Bonchev–Trinajstić information content (AvgIpc) is 2.77. The van der Waals surface area contributed by atoms with Crippen molar-refractivity contribution in [3.05, 3.63) is 87.4 Å². The number of hydrogen-bond acceptors (Lipinski definition) is 4. The summed E-state index contributed by atoms with van der Waals surface area (Å²) in [5.41, 5.74) is 3.19. The van der Waals surface area contributed by atoms with Gasteiger partial charge in [-0.15, -0.1) is 0 Å². The molecule has 3 aromatic rings. The van der Waals surface area contributed by atoms with Crippen molar-refractivity contribution in [2.45, 2.75) is 25.7 Å². The molecule has 0 radical (unpaired) electrons. The summed E-state index contributed by atoms with van der Waals surface area (Å²) in [7, 11) is -4.09. The molecule has 1 N–H and O–H groups in total. The molecule has 9 heteroatoms. The highest BCUT2D eigenvalue weighted by Crippen LogP contribution is 2.35. The SMILES string of the molecule is Cc1ccc(S(=O)(=O)N(CC(=O)NCCOc2cc(C)cc(C)c2)c2cccc(Cl)c2Cl)cc1. The summed E-state index contributed by atoms with van der Waals surface area (Å²) < 4.78 is 33.6. The average molecular weight is 521 g/mol. The van der Waals surface area contributed by atoms with E-state index in [9.17, 15) is 13.2 Å². The molecule has 0 heterocycles. The van der Waals surface area contributed by atoms with Crippen molar-refractivity contribution in [2.75, 3.05) is 24.0 Å². The van der Waals surface area contributed by atoms with Crippen molar-refractivity contribution >= 4 is 44.8 Å². The number of carbonyl (C=O) groups is 1. The van der Waals surface area contributed by atoms with Crippen molar-refractivity contribution in [1.82, 2.24) is 5.32 Å². The van der Waals surface area contributed by atoms with Gasteiger partial charge in [0.05, 0.1) is 27.2 Å². The molecule has 0 atom stereocenters. The largest absolute Gasteiger partial charge is 0.492 e. The van der Waals surface area contributed by atoms with Crippen LogP contribution in [0, 0.1) is 20.8 Å². The van der Waals surface area contributed by atoms with Crippen LogP contribution in [0.1, 0.15) is 16.7 Å². The maximum atomic E-state index is 13.4. The minimum absolute atomic E-state index is 0.0418. The lowest BCUT2D eigenvalue weighted by atomic mass is 10.1. The first-order valence-corrected chi connectivity index (χ1v) is 12.8. The number of anilines is 1. The first-order valence-electron chi connectivity index (χ1n) is 10.6. The second-order valence-electron chi connectivity index (χ2n) is 7.92. The van der Waals surface area contributed by atoms with Crippen LogP contribution in [-0.2, 0) is 14.8 Å². The topological polar surface area (TPSA) is 75.7 Å². The Morgan fingerprint density at radius 1 is 0.941 bits per heavy atom. The molecule has 1 amide bonds. The number of carbonyl (C=O) groups excluding carboxylic acids is 1. The van der Waals surface area contributed by atoms with Gasteiger partial charge in [-0.05, 0) is 68.3 Å². The molecule has 0 saturated carbocycles. The van der Waals surface area contributed by atoms with Crippen molar-refractivity contribution in [3.8, 4) is 5.75 Å². The fourth-order valence-corrected chi connectivity index (χ4v) is 5.26. The number of amides is 1. The van der Waals surface area contributed by atoms with E-state index in [1.165, 1.54) is 18.2 Å². The first-order chi connectivity index (χ1) is 16.1. The predicted molar refractivity (Wildman–Crippen MR) is 137 cm³/mol. The maximum absolute atomic E-state index is 13.4. The minimum atomic E-state index is -4.09. The van der Waals surface area contributed by atoms with Gasteiger partial charge in [-0.25, -0.2) is 8.42 Å². The van der Waals surface area contributed by atoms with Crippen LogP contribution in [0.3, 0.4) is 0 Å². The minimum Gasteiger partial charge on any atom is -0.492 e. The number of aryl methyl sites for hydroxylation is 3. The number of ether oxygens (including phenoxy) is 1. The van der Waals surface area contributed by atoms with E-state index in [2.05, 4.69) is 5.32 Å². The number of nitrogens with zero attached hydrogens (tertiary/aromatic N) is 1. The second-order valence-corrected chi connectivity index (χ2v) is 10.6. The Morgan fingerprint density at radius 2 is 1.59 bits per heavy atom. The second kappa shape index (κ2) is 11.1. The Bertz CT molecular complexity index is 1260. The third-order valence-electron chi connectivity index (χ3n) is 4.98. The summed E-state index contributed by atoms with van der Waals surface area (Å²) in [6.45, 7) is 5.78. The summed E-state index contributed by atoms with van der Waals surface area (Å²) in [6, 6.07) is 16.9. The van der Waals surface area contributed by atoms with Crippen LogP contribution in [0.4, 0.5) is 5.69 Å². The van der Waals surface area contributed by atoms with Crippen LogP contribution >= 0.6 is 23.2 Å². The summed E-state index contributed by atoms with van der Waals surface area (Å²) >= 11 is 12.4. The van der Waals surface area contributed by atoms with Crippen LogP contribution in [0.25, 0.3) is 0 Å². The summed E-state index contributed by atoms with van der Waals surface area (Å²) in [4.78, 5) is 12.8. The first kappa shape index (κ1) is 25.9. The van der Waals surface area contributed by atoms with Crippen molar-refractivity contribution in [3.63, 3.8) is 0 Å². The zero-order valence-corrected chi connectivity index (χ0v) is 21.5. The van der Waals surface area contributed by atoms with Crippen LogP contribution in [-0.4, -0.2) is 34.0 Å². The van der Waals surface area contributed by atoms with Gasteiger partial charge < -0.3 is 10.1 Å². The molecule has 0 aliphatic heterocycles. The molecule has 0 unspecified atom stereocenters. The Hall–Kier alpha value is -2.74. The molecular formula is C25H26Cl2N2O4S. The molecule has 0 spiro atoms. The number of sulfonamides is 1. The molecule has 34 heavy (non-hydrogen) atoms. The maximum Gasteiger partial charge on any atom is 0.264 e. The zero-order chi connectivity index (χ0) is 24.9. The number of halogens is 2. The van der Waals surface area contributed by atoms with Crippen LogP contribution in [0.15, 0.2) is 65.6 Å². The zero-order valence-electron chi connectivity index (χ0n) is 19.1. The lowest BCUT2D eigenvalue weighted by molar-refractivity contribution is -0.119. The Morgan fingerprint density at radius 3 is 2.24 bits per heavy atom. The van der Waals surface area contributed by atoms with Gasteiger partial charge in [-0.2, -0.15) is 0 Å². The van der Waals surface area contributed by atoms with E-state index in [0.29, 0.717) is 5.75 Å². The molecular weight excluding hydrogens is 495 g/mol. The molecule has 0 aromatic heterocycles. The van der Waals surface area contributed by atoms with E-state index < -0.39 is 22.5 Å². The molecule has 0 fully saturated rings. The van der Waals surface area contributed by atoms with Gasteiger partial charge in [0.2, 0.25) is 5.91 Å². The highest BCUT2D eigenvalue weighted by atomic mass is 35.5. The number of nitrogens with one attached hydrogen (secondary N) is 1. The fraction of sp³-hybridized carbons (Fsp3) is 0.240. The molecule has 0 bridgehead atoms. The van der Waals surface area contributed by atoms with Crippen LogP contribution in [0.2, 0.25) is 10.0 Å². The Balaban J connectivity index is 1.75. The molecule has 6 nitrogen and oxygen atoms in total. The van der Waals surface area contributed by atoms with Gasteiger partial charge in [0.25, 0.3) is 10.0 Å². The Labute approximate surface area is 210 Å². The van der Waals surface area contributed by atoms with Crippen molar-refractivity contribution in [1.29, 1.82) is 0 Å². The number of benzene rings is 3. The lowest BCUT2D eigenvalue weighted by Crippen LogP contribution is -2.42. The predicted octanol–water partition coefficient (Wildman–Crippen LogP) is 5.31. The van der Waals surface area contributed by atoms with Gasteiger partial charge in [0, 0.05) is 0 Å². The van der Waals surface area contributed by atoms with E-state index in [-0.39, 0.29) is 33.8 Å². The molecule has 3 aromatic carbocycles. The highest BCUT2D eigenvalue weighted by Gasteiger charge is 2.29. The lowest BCUT2D eigenvalue weighted by Gasteiger charge is -2.25. The smallest absolute Gasteiger partial charge is 0.264 e. The molecule has 3 rings (SSSR count). The molecule has 180 valence electrons. The monoisotopic (exact) mass is 520 g/mol. The van der Waals surface area contributed by atoms with Crippen LogP contribution in [0.5, 0.6) is 5.75 Å². The van der Waals surface area contributed by atoms with Crippen LogP contribution < -0.4 is 14.4 Å². The van der Waals surface area contributed by atoms with E-state index >= 15 is 0 Å². The highest BCUT2D eigenvalue weighted by molar-refractivity contribution is 7.92. The molecule has 0 saturated heterocycles. The summed E-state index contributed by atoms with van der Waals surface area (Å²) in [5.74, 6) is 0.205. The van der Waals surface area contributed by atoms with E-state index in [1.54, 1.807) is 24.3 Å². The van der Waals surface area contributed by atoms with Gasteiger partial charge in [0.1, 0.15) is 18.9 Å². The van der Waals surface area contributed by atoms with E-state index in [0.717, 1.165) is 21.0 Å². The third-order valence-corrected chi connectivity index (χ3v) is 7.57.